The van der Waals surface area contributed by atoms with Crippen LogP contribution in [0.3, 0.4) is 0 Å². The second-order valence-corrected chi connectivity index (χ2v) is 5.91. The number of aliphatic carboxylic acids is 1. The molecule has 0 aromatic heterocycles. The van der Waals surface area contributed by atoms with E-state index in [2.05, 4.69) is 0 Å². The SMILES string of the molecule is O=C(O)C[C@@H]1CCCN(C(=O)c2cc(F)cc(C(F)(F)F)c2)CC1. The number of carbonyl (C=O) groups excluding carboxylic acids is 1. The molecule has 8 heteroatoms. The molecule has 24 heavy (non-hydrogen) atoms. The molecule has 0 spiro atoms. The predicted molar refractivity (Wildman–Crippen MR) is 76.9 cm³/mol. The molecular weight excluding hydrogens is 330 g/mol. The molecule has 1 aliphatic rings. The summed E-state index contributed by atoms with van der Waals surface area (Å²) in [6.45, 7) is 0.557. The molecule has 1 fully saturated rings. The molecule has 1 aliphatic heterocycles. The number of carbonyl (C=O) groups is 2. The quantitative estimate of drug-likeness (QED) is 0.851. The van der Waals surface area contributed by atoms with Crippen molar-refractivity contribution in [1.29, 1.82) is 0 Å². The van der Waals surface area contributed by atoms with Gasteiger partial charge in [-0.25, -0.2) is 4.39 Å². The molecule has 1 heterocycles. The number of amides is 1. The number of hydrogen-bond donors (Lipinski definition) is 1. The number of hydrogen-bond acceptors (Lipinski definition) is 2. The van der Waals surface area contributed by atoms with Gasteiger partial charge in [0.15, 0.2) is 0 Å². The Morgan fingerprint density at radius 1 is 1.17 bits per heavy atom. The van der Waals surface area contributed by atoms with E-state index in [1.54, 1.807) is 0 Å². The maximum atomic E-state index is 13.4. The van der Waals surface area contributed by atoms with E-state index in [1.807, 2.05) is 0 Å². The van der Waals surface area contributed by atoms with Crippen LogP contribution in [0.15, 0.2) is 18.2 Å². The highest BCUT2D eigenvalue weighted by Crippen LogP contribution is 2.31. The number of nitrogens with zero attached hydrogens (tertiary/aromatic N) is 1. The first-order valence-electron chi connectivity index (χ1n) is 7.55. The molecule has 1 aromatic rings. The van der Waals surface area contributed by atoms with Crippen LogP contribution in [0.4, 0.5) is 17.6 Å². The summed E-state index contributed by atoms with van der Waals surface area (Å²) in [6.07, 6.45) is -3.08. The average molecular weight is 347 g/mol. The number of carboxylic acid groups (broad SMARTS) is 1. The highest BCUT2D eigenvalue weighted by Gasteiger charge is 2.32. The highest BCUT2D eigenvalue weighted by atomic mass is 19.4. The third-order valence-electron chi connectivity index (χ3n) is 4.07. The van der Waals surface area contributed by atoms with Gasteiger partial charge in [-0.15, -0.1) is 0 Å². The number of alkyl halides is 3. The Morgan fingerprint density at radius 3 is 2.50 bits per heavy atom. The minimum absolute atomic E-state index is 0.000216. The largest absolute Gasteiger partial charge is 0.481 e. The van der Waals surface area contributed by atoms with E-state index in [4.69, 9.17) is 5.11 Å². The van der Waals surface area contributed by atoms with Crippen molar-refractivity contribution in [1.82, 2.24) is 4.90 Å². The van der Waals surface area contributed by atoms with E-state index < -0.39 is 29.4 Å². The van der Waals surface area contributed by atoms with Crippen molar-refractivity contribution in [2.45, 2.75) is 31.9 Å². The Labute approximate surface area is 136 Å². The van der Waals surface area contributed by atoms with E-state index in [1.165, 1.54) is 4.90 Å². The van der Waals surface area contributed by atoms with E-state index in [9.17, 15) is 27.2 Å². The van der Waals surface area contributed by atoms with Crippen LogP contribution in [0.1, 0.15) is 41.6 Å². The van der Waals surface area contributed by atoms with Crippen molar-refractivity contribution in [2.24, 2.45) is 5.92 Å². The lowest BCUT2D eigenvalue weighted by Crippen LogP contribution is -2.32. The number of halogens is 4. The molecule has 2 rings (SSSR count). The van der Waals surface area contributed by atoms with Crippen molar-refractivity contribution in [2.75, 3.05) is 13.1 Å². The molecule has 1 atom stereocenters. The summed E-state index contributed by atoms with van der Waals surface area (Å²) in [7, 11) is 0. The number of rotatable bonds is 3. The average Bonchev–Trinajstić information content (AvgIpc) is 2.70. The second kappa shape index (κ2) is 7.19. The Kier molecular flexibility index (Phi) is 5.46. The Balaban J connectivity index is 2.14. The maximum Gasteiger partial charge on any atom is 0.416 e. The molecule has 1 saturated heterocycles. The minimum Gasteiger partial charge on any atom is -0.481 e. The highest BCUT2D eigenvalue weighted by molar-refractivity contribution is 5.94. The van der Waals surface area contributed by atoms with Crippen LogP contribution in [-0.2, 0) is 11.0 Å². The lowest BCUT2D eigenvalue weighted by molar-refractivity contribution is -0.138. The van der Waals surface area contributed by atoms with Gasteiger partial charge in [0.05, 0.1) is 5.56 Å². The zero-order valence-corrected chi connectivity index (χ0v) is 12.8. The fourth-order valence-corrected chi connectivity index (χ4v) is 2.88. The van der Waals surface area contributed by atoms with Gasteiger partial charge in [0.1, 0.15) is 5.82 Å². The fourth-order valence-electron chi connectivity index (χ4n) is 2.88. The molecule has 0 aliphatic carbocycles. The van der Waals surface area contributed by atoms with Gasteiger partial charge in [-0.1, -0.05) is 0 Å². The maximum absolute atomic E-state index is 13.4. The van der Waals surface area contributed by atoms with Crippen molar-refractivity contribution >= 4 is 11.9 Å². The molecule has 1 amide bonds. The van der Waals surface area contributed by atoms with Crippen LogP contribution < -0.4 is 0 Å². The Bertz CT molecular complexity index is 630. The third kappa shape index (κ3) is 4.69. The summed E-state index contributed by atoms with van der Waals surface area (Å²) in [5.41, 5.74) is -1.55. The van der Waals surface area contributed by atoms with Gasteiger partial charge in [-0.05, 0) is 43.4 Å². The lowest BCUT2D eigenvalue weighted by atomic mass is 9.97. The molecule has 1 aromatic carbocycles. The monoisotopic (exact) mass is 347 g/mol. The van der Waals surface area contributed by atoms with Crippen LogP contribution in [0.5, 0.6) is 0 Å². The summed E-state index contributed by atoms with van der Waals surface area (Å²) in [5, 5.41) is 8.82. The molecule has 0 bridgehead atoms. The van der Waals surface area contributed by atoms with Crippen LogP contribution in [-0.4, -0.2) is 35.0 Å². The van der Waals surface area contributed by atoms with Gasteiger partial charge in [-0.3, -0.25) is 9.59 Å². The molecule has 4 nitrogen and oxygen atoms in total. The summed E-state index contributed by atoms with van der Waals surface area (Å²) >= 11 is 0. The number of likely N-dealkylation sites (tertiary alicyclic amines) is 1. The third-order valence-corrected chi connectivity index (χ3v) is 4.07. The van der Waals surface area contributed by atoms with Gasteiger partial charge in [-0.2, -0.15) is 13.2 Å². The summed E-state index contributed by atoms with van der Waals surface area (Å²) in [4.78, 5) is 24.5. The molecule has 0 saturated carbocycles. The van der Waals surface area contributed by atoms with Gasteiger partial charge < -0.3 is 10.0 Å². The predicted octanol–water partition coefficient (Wildman–Crippen LogP) is 3.56. The normalized spacial score (nSPS) is 19.0. The van der Waals surface area contributed by atoms with E-state index in [0.717, 1.165) is 6.07 Å². The van der Waals surface area contributed by atoms with Gasteiger partial charge in [0.25, 0.3) is 5.91 Å². The van der Waals surface area contributed by atoms with Crippen LogP contribution in [0, 0.1) is 11.7 Å². The summed E-state index contributed by atoms with van der Waals surface area (Å²) < 4.78 is 51.7. The molecule has 132 valence electrons. The van der Waals surface area contributed by atoms with Crippen LogP contribution >= 0.6 is 0 Å². The second-order valence-electron chi connectivity index (χ2n) is 5.91. The first kappa shape index (κ1) is 18.2. The smallest absolute Gasteiger partial charge is 0.416 e. The number of benzene rings is 1. The topological polar surface area (TPSA) is 57.6 Å². The van der Waals surface area contributed by atoms with Gasteiger partial charge in [0, 0.05) is 25.1 Å². The van der Waals surface area contributed by atoms with Crippen molar-refractivity contribution in [3.63, 3.8) is 0 Å². The van der Waals surface area contributed by atoms with Crippen LogP contribution in [0.25, 0.3) is 0 Å². The zero-order valence-electron chi connectivity index (χ0n) is 12.8. The Morgan fingerprint density at radius 2 is 1.88 bits per heavy atom. The minimum atomic E-state index is -4.73. The zero-order chi connectivity index (χ0) is 17.9. The number of carboxylic acids is 1. The standard InChI is InChI=1S/C16H17F4NO3/c17-13-8-11(7-12(9-13)16(18,19)20)15(24)21-4-1-2-10(3-5-21)6-14(22)23/h7-10H,1-6H2,(H,22,23)/t10-/m1/s1. The lowest BCUT2D eigenvalue weighted by Gasteiger charge is -2.21. The van der Waals surface area contributed by atoms with E-state index in [-0.39, 0.29) is 24.4 Å². The van der Waals surface area contributed by atoms with E-state index >= 15 is 0 Å². The fraction of sp³-hybridized carbons (Fsp3) is 0.500. The summed E-state index contributed by atoms with van der Waals surface area (Å²) in [6, 6.07) is 1.78. The molecule has 1 N–H and O–H groups in total. The van der Waals surface area contributed by atoms with Gasteiger partial charge >= 0.3 is 12.1 Å². The van der Waals surface area contributed by atoms with Crippen LogP contribution in [0.2, 0.25) is 0 Å². The van der Waals surface area contributed by atoms with Crippen molar-refractivity contribution in [3.8, 4) is 0 Å². The molecular formula is C16H17F4NO3. The molecule has 0 unspecified atom stereocenters. The molecule has 0 radical (unpaired) electrons. The Hall–Kier alpha value is -2.12. The first-order chi connectivity index (χ1) is 11.2. The van der Waals surface area contributed by atoms with Crippen molar-refractivity contribution in [3.05, 3.63) is 35.1 Å². The van der Waals surface area contributed by atoms with E-state index in [0.29, 0.717) is 37.9 Å². The summed E-state index contributed by atoms with van der Waals surface area (Å²) in [5.74, 6) is -2.78. The van der Waals surface area contributed by atoms with Gasteiger partial charge in [0.2, 0.25) is 0 Å². The first-order valence-corrected chi connectivity index (χ1v) is 7.55. The van der Waals surface area contributed by atoms with Crippen molar-refractivity contribution < 1.29 is 32.3 Å².